The van der Waals surface area contributed by atoms with E-state index in [0.717, 1.165) is 18.2 Å². The number of halogens is 2. The van der Waals surface area contributed by atoms with Crippen molar-refractivity contribution in [2.75, 3.05) is 29.6 Å². The molecule has 0 spiro atoms. The van der Waals surface area contributed by atoms with Gasteiger partial charge in [0.1, 0.15) is 34.8 Å². The monoisotopic (exact) mass is 444 g/mol. The van der Waals surface area contributed by atoms with E-state index >= 15 is 0 Å². The third-order valence-corrected chi connectivity index (χ3v) is 3.96. The summed E-state index contributed by atoms with van der Waals surface area (Å²) in [7, 11) is 1.23. The maximum atomic E-state index is 13.6. The first-order valence-corrected chi connectivity index (χ1v) is 9.52. The molecule has 0 aliphatic carbocycles. The van der Waals surface area contributed by atoms with Crippen molar-refractivity contribution >= 4 is 29.2 Å². The Hall–Kier alpha value is -3.86. The fourth-order valence-electron chi connectivity index (χ4n) is 2.58. The van der Waals surface area contributed by atoms with E-state index in [1.165, 1.54) is 13.2 Å². The van der Waals surface area contributed by atoms with E-state index in [-0.39, 0.29) is 29.7 Å². The summed E-state index contributed by atoms with van der Waals surface area (Å²) in [5.74, 6) is -0.542. The van der Waals surface area contributed by atoms with E-state index < -0.39 is 23.3 Å². The standard InChI is InChI=1S/C21H22F2N6O3/c1-21(2,31)11-24-17-10-18(25-14-8-12(22)7-13(23)9-14)28-19(27-17)15-5-4-6-16(26-15)29-20(30)32-3/h4-10,31H,11H2,1-3H3,(H,26,29,30)(H2,24,25,27,28). The van der Waals surface area contributed by atoms with Crippen LogP contribution < -0.4 is 16.0 Å². The average Bonchev–Trinajstić information content (AvgIpc) is 2.71. The van der Waals surface area contributed by atoms with Crippen LogP contribution in [0.15, 0.2) is 42.5 Å². The predicted molar refractivity (Wildman–Crippen MR) is 116 cm³/mol. The number of ether oxygens (including phenoxy) is 1. The highest BCUT2D eigenvalue weighted by atomic mass is 19.1. The number of carbonyl (C=O) groups excluding carboxylic acids is 1. The summed E-state index contributed by atoms with van der Waals surface area (Å²) in [6.07, 6.45) is -0.688. The topological polar surface area (TPSA) is 121 Å². The maximum absolute atomic E-state index is 13.6. The summed E-state index contributed by atoms with van der Waals surface area (Å²) in [5.41, 5.74) is -0.554. The molecule has 0 saturated carbocycles. The molecule has 0 radical (unpaired) electrons. The number of amides is 1. The molecule has 2 heterocycles. The van der Waals surface area contributed by atoms with Gasteiger partial charge in [-0.05, 0) is 38.1 Å². The molecular formula is C21H22F2N6O3. The van der Waals surface area contributed by atoms with Gasteiger partial charge in [-0.1, -0.05) is 6.07 Å². The molecule has 32 heavy (non-hydrogen) atoms. The van der Waals surface area contributed by atoms with Crippen molar-refractivity contribution < 1.29 is 23.4 Å². The molecule has 0 unspecified atom stereocenters. The van der Waals surface area contributed by atoms with Gasteiger partial charge in [-0.25, -0.2) is 28.5 Å². The summed E-state index contributed by atoms with van der Waals surface area (Å²) in [6.45, 7) is 3.43. The molecule has 0 atom stereocenters. The van der Waals surface area contributed by atoms with Crippen molar-refractivity contribution in [1.29, 1.82) is 0 Å². The Morgan fingerprint density at radius 2 is 1.72 bits per heavy atom. The molecule has 0 aliphatic heterocycles. The number of hydrogen-bond acceptors (Lipinski definition) is 8. The Balaban J connectivity index is 1.98. The minimum Gasteiger partial charge on any atom is -0.453 e. The molecular weight excluding hydrogens is 422 g/mol. The molecule has 0 saturated heterocycles. The first-order chi connectivity index (χ1) is 15.1. The Morgan fingerprint density at radius 3 is 2.38 bits per heavy atom. The van der Waals surface area contributed by atoms with Gasteiger partial charge in [0.2, 0.25) is 0 Å². The van der Waals surface area contributed by atoms with Crippen LogP contribution in [0.2, 0.25) is 0 Å². The van der Waals surface area contributed by atoms with Crippen molar-refractivity contribution in [2.24, 2.45) is 0 Å². The predicted octanol–water partition coefficient (Wildman–Crippen LogP) is 3.92. The van der Waals surface area contributed by atoms with E-state index in [1.807, 2.05) is 0 Å². The summed E-state index contributed by atoms with van der Waals surface area (Å²) in [6, 6.07) is 9.35. The van der Waals surface area contributed by atoms with Gasteiger partial charge >= 0.3 is 6.09 Å². The molecule has 3 aromatic rings. The van der Waals surface area contributed by atoms with Gasteiger partial charge in [0.05, 0.1) is 12.7 Å². The minimum absolute atomic E-state index is 0.148. The summed E-state index contributed by atoms with van der Waals surface area (Å²) < 4.78 is 31.7. The molecule has 0 fully saturated rings. The fraction of sp³-hybridized carbons (Fsp3) is 0.238. The SMILES string of the molecule is COC(=O)Nc1cccc(-c2nc(NCC(C)(C)O)cc(Nc3cc(F)cc(F)c3)n2)n1. The highest BCUT2D eigenvalue weighted by Gasteiger charge is 2.15. The zero-order valence-corrected chi connectivity index (χ0v) is 17.6. The van der Waals surface area contributed by atoms with Crippen molar-refractivity contribution in [3.8, 4) is 11.5 Å². The van der Waals surface area contributed by atoms with Crippen LogP contribution in [0.25, 0.3) is 11.5 Å². The Bertz CT molecular complexity index is 1100. The Kier molecular flexibility index (Phi) is 6.79. The molecule has 9 nitrogen and oxygen atoms in total. The average molecular weight is 444 g/mol. The van der Waals surface area contributed by atoms with Gasteiger partial charge < -0.3 is 20.5 Å². The smallest absolute Gasteiger partial charge is 0.412 e. The Labute approximate surface area is 182 Å². The van der Waals surface area contributed by atoms with Gasteiger partial charge in [0.15, 0.2) is 5.82 Å². The minimum atomic E-state index is -1.02. The van der Waals surface area contributed by atoms with Crippen LogP contribution in [0.4, 0.5) is 36.7 Å². The second-order valence-corrected chi connectivity index (χ2v) is 7.44. The van der Waals surface area contributed by atoms with Gasteiger partial charge in [-0.2, -0.15) is 0 Å². The molecule has 0 bridgehead atoms. The molecule has 168 valence electrons. The van der Waals surface area contributed by atoms with Gasteiger partial charge in [0.25, 0.3) is 0 Å². The lowest BCUT2D eigenvalue weighted by molar-refractivity contribution is 0.0944. The van der Waals surface area contributed by atoms with Crippen LogP contribution in [0.1, 0.15) is 13.8 Å². The number of anilines is 4. The van der Waals surface area contributed by atoms with Gasteiger partial charge in [-0.15, -0.1) is 0 Å². The highest BCUT2D eigenvalue weighted by molar-refractivity contribution is 5.83. The van der Waals surface area contributed by atoms with Crippen molar-refractivity contribution in [3.05, 3.63) is 54.1 Å². The van der Waals surface area contributed by atoms with Crippen molar-refractivity contribution in [3.63, 3.8) is 0 Å². The maximum Gasteiger partial charge on any atom is 0.412 e. The molecule has 1 aromatic carbocycles. The number of methoxy groups -OCH3 is 1. The quantitative estimate of drug-likeness (QED) is 0.433. The van der Waals surface area contributed by atoms with E-state index in [9.17, 15) is 18.7 Å². The molecule has 11 heteroatoms. The van der Waals surface area contributed by atoms with Crippen LogP contribution in [0, 0.1) is 11.6 Å². The fourth-order valence-corrected chi connectivity index (χ4v) is 2.58. The molecule has 2 aromatic heterocycles. The lowest BCUT2D eigenvalue weighted by Crippen LogP contribution is -2.29. The zero-order chi connectivity index (χ0) is 23.3. The summed E-state index contributed by atoms with van der Waals surface area (Å²) in [5, 5.41) is 18.3. The van der Waals surface area contributed by atoms with E-state index in [2.05, 4.69) is 35.6 Å². The number of pyridine rings is 1. The number of carbonyl (C=O) groups is 1. The number of rotatable bonds is 7. The number of nitrogens with zero attached hydrogens (tertiary/aromatic N) is 3. The van der Waals surface area contributed by atoms with Crippen LogP contribution >= 0.6 is 0 Å². The highest BCUT2D eigenvalue weighted by Crippen LogP contribution is 2.24. The van der Waals surface area contributed by atoms with Crippen molar-refractivity contribution in [2.45, 2.75) is 19.4 Å². The normalized spacial score (nSPS) is 11.1. The summed E-state index contributed by atoms with van der Waals surface area (Å²) >= 11 is 0. The number of nitrogens with one attached hydrogen (secondary N) is 3. The first-order valence-electron chi connectivity index (χ1n) is 9.52. The number of aromatic nitrogens is 3. The molecule has 4 N–H and O–H groups in total. The number of hydrogen-bond donors (Lipinski definition) is 4. The third kappa shape index (κ3) is 6.57. The van der Waals surface area contributed by atoms with Crippen molar-refractivity contribution in [1.82, 2.24) is 15.0 Å². The number of aliphatic hydroxyl groups is 1. The zero-order valence-electron chi connectivity index (χ0n) is 17.6. The molecule has 0 aliphatic rings. The largest absolute Gasteiger partial charge is 0.453 e. The molecule has 3 rings (SSSR count). The first kappa shape index (κ1) is 22.8. The number of benzene rings is 1. The van der Waals surface area contributed by atoms with Crippen LogP contribution in [-0.2, 0) is 4.74 Å². The van der Waals surface area contributed by atoms with E-state index in [0.29, 0.717) is 11.5 Å². The lowest BCUT2D eigenvalue weighted by atomic mass is 10.1. The van der Waals surface area contributed by atoms with E-state index in [4.69, 9.17) is 0 Å². The molecule has 1 amide bonds. The Morgan fingerprint density at radius 1 is 1.03 bits per heavy atom. The van der Waals surface area contributed by atoms with Gasteiger partial charge in [0, 0.05) is 24.4 Å². The van der Waals surface area contributed by atoms with Crippen LogP contribution in [-0.4, -0.2) is 45.4 Å². The second kappa shape index (κ2) is 9.52. The van der Waals surface area contributed by atoms with Crippen LogP contribution in [0.3, 0.4) is 0 Å². The third-order valence-electron chi connectivity index (χ3n) is 3.96. The van der Waals surface area contributed by atoms with E-state index in [1.54, 1.807) is 32.0 Å². The van der Waals surface area contributed by atoms with Gasteiger partial charge in [-0.3, -0.25) is 5.32 Å². The summed E-state index contributed by atoms with van der Waals surface area (Å²) in [4.78, 5) is 24.5. The second-order valence-electron chi connectivity index (χ2n) is 7.44. The lowest BCUT2D eigenvalue weighted by Gasteiger charge is -2.19. The van der Waals surface area contributed by atoms with Crippen LogP contribution in [0.5, 0.6) is 0 Å².